The van der Waals surface area contributed by atoms with Gasteiger partial charge in [0.05, 0.1) is 5.56 Å². The van der Waals surface area contributed by atoms with Crippen molar-refractivity contribution in [3.63, 3.8) is 0 Å². The molecule has 0 radical (unpaired) electrons. The van der Waals surface area contributed by atoms with Crippen LogP contribution in [0.1, 0.15) is 60.7 Å². The topological polar surface area (TPSA) is 71.8 Å². The van der Waals surface area contributed by atoms with Gasteiger partial charge in [-0.05, 0) is 56.1 Å². The Hall–Kier alpha value is -3.17. The van der Waals surface area contributed by atoms with Crippen molar-refractivity contribution in [3.05, 3.63) is 59.3 Å². The molecule has 2 fully saturated rings. The quantitative estimate of drug-likeness (QED) is 0.545. The van der Waals surface area contributed by atoms with Crippen molar-refractivity contribution in [1.82, 2.24) is 24.7 Å². The number of aryl methyl sites for hydroxylation is 2. The van der Waals surface area contributed by atoms with Crippen molar-refractivity contribution >= 4 is 11.8 Å². The second-order valence-corrected chi connectivity index (χ2v) is 10.4. The van der Waals surface area contributed by atoms with E-state index in [1.165, 1.54) is 12.1 Å². The molecule has 3 aliphatic rings. The molecule has 36 heavy (non-hydrogen) atoms. The third-order valence-electron chi connectivity index (χ3n) is 7.98. The summed E-state index contributed by atoms with van der Waals surface area (Å²) in [4.78, 5) is 15.9. The van der Waals surface area contributed by atoms with Crippen molar-refractivity contribution in [2.75, 3.05) is 23.3 Å². The number of nitrogens with one attached hydrogen (secondary N) is 1. The summed E-state index contributed by atoms with van der Waals surface area (Å²) in [6.45, 7) is 4.56. The summed E-state index contributed by atoms with van der Waals surface area (Å²) >= 11 is 0. The number of anilines is 2. The first kappa shape index (κ1) is 23.2. The minimum absolute atomic E-state index is 0.197. The SMILES string of the molecule is Cc1cc(N2C[C@H]3CC[C@@H](C2)[C@@H]3Nc2nc3n(n2)CCCC[C@H]3c2cccc(C(F)(F)F)c2)ncn1. The van der Waals surface area contributed by atoms with E-state index in [4.69, 9.17) is 10.1 Å². The lowest BCUT2D eigenvalue weighted by Gasteiger charge is -2.38. The Bertz CT molecular complexity index is 1230. The molecule has 2 aliphatic heterocycles. The lowest BCUT2D eigenvalue weighted by molar-refractivity contribution is -0.137. The molecule has 0 spiro atoms. The summed E-state index contributed by atoms with van der Waals surface area (Å²) in [6, 6.07) is 7.99. The van der Waals surface area contributed by atoms with Crippen LogP contribution in [0.2, 0.25) is 0 Å². The summed E-state index contributed by atoms with van der Waals surface area (Å²) in [5.41, 5.74) is 1.00. The molecule has 3 aromatic rings. The summed E-state index contributed by atoms with van der Waals surface area (Å²) in [5, 5.41) is 8.40. The molecule has 0 unspecified atom stereocenters. The zero-order valence-corrected chi connectivity index (χ0v) is 20.2. The Kier molecular flexibility index (Phi) is 5.84. The molecule has 1 N–H and O–H groups in total. The molecule has 2 bridgehead atoms. The number of hydrogen-bond acceptors (Lipinski definition) is 6. The largest absolute Gasteiger partial charge is 0.416 e. The number of piperidine rings is 1. The van der Waals surface area contributed by atoms with Gasteiger partial charge in [0.15, 0.2) is 0 Å². The van der Waals surface area contributed by atoms with Crippen molar-refractivity contribution < 1.29 is 13.2 Å². The summed E-state index contributed by atoms with van der Waals surface area (Å²) in [7, 11) is 0. The maximum Gasteiger partial charge on any atom is 0.416 e. The predicted octanol–water partition coefficient (Wildman–Crippen LogP) is 5.04. The smallest absolute Gasteiger partial charge is 0.356 e. The number of alkyl halides is 3. The van der Waals surface area contributed by atoms with E-state index >= 15 is 0 Å². The molecule has 6 rings (SSSR count). The normalized spacial score (nSPS) is 25.9. The van der Waals surface area contributed by atoms with E-state index in [1.807, 2.05) is 17.7 Å². The maximum absolute atomic E-state index is 13.4. The maximum atomic E-state index is 13.4. The van der Waals surface area contributed by atoms with Gasteiger partial charge in [0, 0.05) is 43.4 Å². The van der Waals surface area contributed by atoms with Crippen LogP contribution in [0.25, 0.3) is 0 Å². The number of aromatic nitrogens is 5. The molecule has 1 saturated carbocycles. The first-order valence-corrected chi connectivity index (χ1v) is 12.8. The van der Waals surface area contributed by atoms with Crippen molar-refractivity contribution in [1.29, 1.82) is 0 Å². The van der Waals surface area contributed by atoms with Crippen LogP contribution in [-0.2, 0) is 12.7 Å². The van der Waals surface area contributed by atoms with Crippen LogP contribution < -0.4 is 10.2 Å². The number of hydrogen-bond donors (Lipinski definition) is 1. The van der Waals surface area contributed by atoms with E-state index in [0.717, 1.165) is 75.1 Å². The van der Waals surface area contributed by atoms with Gasteiger partial charge in [-0.1, -0.05) is 24.6 Å². The zero-order chi connectivity index (χ0) is 24.9. The Morgan fingerprint density at radius 2 is 1.81 bits per heavy atom. The molecule has 0 amide bonds. The molecule has 1 aliphatic carbocycles. The van der Waals surface area contributed by atoms with Gasteiger partial charge < -0.3 is 10.2 Å². The van der Waals surface area contributed by atoms with Gasteiger partial charge in [-0.15, -0.1) is 5.10 Å². The van der Waals surface area contributed by atoms with Crippen LogP contribution in [0.5, 0.6) is 0 Å². The molecule has 1 aromatic carbocycles. The van der Waals surface area contributed by atoms with Gasteiger partial charge in [0.2, 0.25) is 5.95 Å². The van der Waals surface area contributed by atoms with E-state index in [2.05, 4.69) is 20.2 Å². The number of rotatable bonds is 4. The van der Waals surface area contributed by atoms with Gasteiger partial charge in [0.25, 0.3) is 0 Å². The average molecular weight is 498 g/mol. The third kappa shape index (κ3) is 4.41. The Morgan fingerprint density at radius 3 is 2.56 bits per heavy atom. The minimum Gasteiger partial charge on any atom is -0.356 e. The fourth-order valence-electron chi connectivity index (χ4n) is 6.23. The van der Waals surface area contributed by atoms with Gasteiger partial charge in [-0.2, -0.15) is 18.2 Å². The molecule has 1 saturated heterocycles. The van der Waals surface area contributed by atoms with Gasteiger partial charge >= 0.3 is 6.18 Å². The average Bonchev–Trinajstić information content (AvgIpc) is 3.25. The zero-order valence-electron chi connectivity index (χ0n) is 20.2. The fraction of sp³-hybridized carbons (Fsp3) is 0.538. The van der Waals surface area contributed by atoms with Gasteiger partial charge in [-0.3, -0.25) is 0 Å². The number of fused-ring (bicyclic) bond motifs is 3. The van der Waals surface area contributed by atoms with E-state index in [0.29, 0.717) is 23.3 Å². The van der Waals surface area contributed by atoms with E-state index < -0.39 is 11.7 Å². The molecule has 10 heteroatoms. The van der Waals surface area contributed by atoms with Crippen molar-refractivity contribution in [2.24, 2.45) is 11.8 Å². The highest BCUT2D eigenvalue weighted by Crippen LogP contribution is 2.40. The fourth-order valence-corrected chi connectivity index (χ4v) is 6.23. The van der Waals surface area contributed by atoms with Crippen LogP contribution in [0.4, 0.5) is 24.9 Å². The highest BCUT2D eigenvalue weighted by Gasteiger charge is 2.43. The first-order chi connectivity index (χ1) is 17.3. The van der Waals surface area contributed by atoms with Crippen LogP contribution in [-0.4, -0.2) is 43.9 Å². The van der Waals surface area contributed by atoms with E-state index in [1.54, 1.807) is 12.4 Å². The number of halogens is 3. The van der Waals surface area contributed by atoms with Crippen molar-refractivity contribution in [3.8, 4) is 0 Å². The highest BCUT2D eigenvalue weighted by molar-refractivity contribution is 5.42. The third-order valence-corrected chi connectivity index (χ3v) is 7.98. The number of nitrogens with zero attached hydrogens (tertiary/aromatic N) is 6. The van der Waals surface area contributed by atoms with E-state index in [9.17, 15) is 13.2 Å². The molecular weight excluding hydrogens is 467 g/mol. The Balaban J connectivity index is 1.22. The second-order valence-electron chi connectivity index (χ2n) is 10.4. The number of benzene rings is 1. The van der Waals surface area contributed by atoms with Crippen molar-refractivity contribution in [2.45, 2.75) is 63.7 Å². The monoisotopic (exact) mass is 497 g/mol. The van der Waals surface area contributed by atoms with E-state index in [-0.39, 0.29) is 12.0 Å². The summed E-state index contributed by atoms with van der Waals surface area (Å²) in [6.07, 6.45) is 2.18. The van der Waals surface area contributed by atoms with Gasteiger partial charge in [-0.25, -0.2) is 14.6 Å². The Labute approximate surface area is 208 Å². The highest BCUT2D eigenvalue weighted by atomic mass is 19.4. The summed E-state index contributed by atoms with van der Waals surface area (Å²) < 4.78 is 42.0. The Morgan fingerprint density at radius 1 is 1.00 bits per heavy atom. The minimum atomic E-state index is -4.36. The summed E-state index contributed by atoms with van der Waals surface area (Å²) in [5.74, 6) is 3.06. The molecular formula is C26H30F3N7. The molecule has 4 atom stereocenters. The van der Waals surface area contributed by atoms with Crippen LogP contribution in [0, 0.1) is 18.8 Å². The lowest BCUT2D eigenvalue weighted by Crippen LogP contribution is -2.48. The second kappa shape index (κ2) is 9.05. The predicted molar refractivity (Wildman–Crippen MR) is 130 cm³/mol. The first-order valence-electron chi connectivity index (χ1n) is 12.8. The van der Waals surface area contributed by atoms with Crippen LogP contribution in [0.15, 0.2) is 36.7 Å². The lowest BCUT2D eigenvalue weighted by atomic mass is 9.92. The molecule has 7 nitrogen and oxygen atoms in total. The molecule has 2 aromatic heterocycles. The molecule has 190 valence electrons. The standard InChI is InChI=1S/C26H30F3N7/c1-16-11-22(31-15-30-16)35-13-18-8-9-19(14-35)23(18)32-25-33-24-21(7-2-3-10-36(24)34-25)17-5-4-6-20(12-17)26(27,28)29/h4-6,11-12,15,18-19,21,23H,2-3,7-10,13-14H2,1H3,(H,32,34)/t18-,19+,21-,23-/m0/s1. The van der Waals surface area contributed by atoms with Gasteiger partial charge in [0.1, 0.15) is 18.0 Å². The van der Waals surface area contributed by atoms with Crippen LogP contribution in [0.3, 0.4) is 0 Å². The molecule has 4 heterocycles. The van der Waals surface area contributed by atoms with Crippen LogP contribution >= 0.6 is 0 Å².